The van der Waals surface area contributed by atoms with Crippen molar-refractivity contribution in [2.75, 3.05) is 33.3 Å². The van der Waals surface area contributed by atoms with Crippen LogP contribution in [0.4, 0.5) is 0 Å². The number of ether oxygens (including phenoxy) is 1. The smallest absolute Gasteiger partial charge is 0.396 e. The van der Waals surface area contributed by atoms with Gasteiger partial charge in [-0.25, -0.2) is 4.79 Å². The maximum atomic E-state index is 11.5. The van der Waals surface area contributed by atoms with E-state index in [0.717, 1.165) is 13.1 Å². The molecule has 15 heavy (non-hydrogen) atoms. The van der Waals surface area contributed by atoms with Crippen LogP contribution in [0.5, 0.6) is 0 Å². The highest BCUT2D eigenvalue weighted by atomic mass is 16.5. The highest BCUT2D eigenvalue weighted by Crippen LogP contribution is 2.09. The summed E-state index contributed by atoms with van der Waals surface area (Å²) in [5, 5.41) is 0. The molecule has 0 N–H and O–H groups in total. The third-order valence-corrected chi connectivity index (χ3v) is 2.82. The summed E-state index contributed by atoms with van der Waals surface area (Å²) in [6.45, 7) is 7.14. The van der Waals surface area contributed by atoms with Crippen molar-refractivity contribution in [2.24, 2.45) is 0 Å². The minimum atomic E-state index is -0.771. The molecule has 0 aliphatic carbocycles. The van der Waals surface area contributed by atoms with Crippen molar-refractivity contribution in [3.63, 3.8) is 0 Å². The molecule has 1 aliphatic rings. The number of rotatable bonds is 1. The zero-order valence-electron chi connectivity index (χ0n) is 9.52. The van der Waals surface area contributed by atoms with Crippen LogP contribution in [0.3, 0.4) is 0 Å². The van der Waals surface area contributed by atoms with Gasteiger partial charge in [0.1, 0.15) is 0 Å². The second-order valence-corrected chi connectivity index (χ2v) is 3.72. The molecule has 1 atom stereocenters. The second-order valence-electron chi connectivity index (χ2n) is 3.72. The van der Waals surface area contributed by atoms with Crippen LogP contribution < -0.4 is 0 Å². The van der Waals surface area contributed by atoms with Crippen molar-refractivity contribution in [3.05, 3.63) is 0 Å². The molecule has 0 radical (unpaired) electrons. The van der Waals surface area contributed by atoms with Gasteiger partial charge in [0, 0.05) is 25.7 Å². The average molecular weight is 214 g/mol. The van der Waals surface area contributed by atoms with Crippen LogP contribution in [0.15, 0.2) is 0 Å². The first-order valence-corrected chi connectivity index (χ1v) is 5.21. The monoisotopic (exact) mass is 214 g/mol. The van der Waals surface area contributed by atoms with E-state index in [2.05, 4.69) is 23.5 Å². The lowest BCUT2D eigenvalue weighted by molar-refractivity contribution is -0.159. The van der Waals surface area contributed by atoms with Gasteiger partial charge in [0.15, 0.2) is 0 Å². The fourth-order valence-electron chi connectivity index (χ4n) is 1.87. The van der Waals surface area contributed by atoms with Gasteiger partial charge in [0.05, 0.1) is 7.11 Å². The Bertz CT molecular complexity index is 255. The minimum Gasteiger partial charge on any atom is -0.462 e. The summed E-state index contributed by atoms with van der Waals surface area (Å²) >= 11 is 0. The van der Waals surface area contributed by atoms with Gasteiger partial charge in [-0.1, -0.05) is 6.92 Å². The molecular formula is C10H18N2O3. The van der Waals surface area contributed by atoms with Crippen LogP contribution in [0.2, 0.25) is 0 Å². The van der Waals surface area contributed by atoms with Gasteiger partial charge in [-0.15, -0.1) is 0 Å². The quantitative estimate of drug-likeness (QED) is 0.444. The third kappa shape index (κ3) is 2.68. The van der Waals surface area contributed by atoms with Crippen molar-refractivity contribution >= 4 is 11.9 Å². The topological polar surface area (TPSA) is 49.9 Å². The van der Waals surface area contributed by atoms with Crippen LogP contribution in [0.1, 0.15) is 13.8 Å². The molecule has 1 aliphatic heterocycles. The SMILES string of the molecule is CCN1CCN(C(=O)C(=O)OC)CC1C. The first kappa shape index (κ1) is 12.0. The fourth-order valence-corrected chi connectivity index (χ4v) is 1.87. The molecule has 5 heteroatoms. The number of amides is 1. The number of carbonyl (C=O) groups excluding carboxylic acids is 2. The van der Waals surface area contributed by atoms with Crippen molar-refractivity contribution in [1.29, 1.82) is 0 Å². The Hall–Kier alpha value is -1.10. The molecule has 0 saturated carbocycles. The van der Waals surface area contributed by atoms with Gasteiger partial charge in [0.2, 0.25) is 0 Å². The summed E-state index contributed by atoms with van der Waals surface area (Å²) in [7, 11) is 1.23. The Morgan fingerprint density at radius 3 is 2.53 bits per heavy atom. The molecule has 86 valence electrons. The van der Waals surface area contributed by atoms with Crippen molar-refractivity contribution < 1.29 is 14.3 Å². The summed E-state index contributed by atoms with van der Waals surface area (Å²) in [4.78, 5) is 26.4. The maximum absolute atomic E-state index is 11.5. The van der Waals surface area contributed by atoms with Gasteiger partial charge in [-0.3, -0.25) is 9.69 Å². The van der Waals surface area contributed by atoms with E-state index in [-0.39, 0.29) is 0 Å². The Labute approximate surface area is 90.0 Å². The first-order chi connectivity index (χ1) is 7.10. The molecule has 0 spiro atoms. The van der Waals surface area contributed by atoms with Gasteiger partial charge in [-0.2, -0.15) is 0 Å². The minimum absolute atomic E-state index is 0.303. The highest BCUT2D eigenvalue weighted by Gasteiger charge is 2.29. The fraction of sp³-hybridized carbons (Fsp3) is 0.800. The van der Waals surface area contributed by atoms with E-state index < -0.39 is 11.9 Å². The largest absolute Gasteiger partial charge is 0.462 e. The van der Waals surface area contributed by atoms with E-state index in [1.807, 2.05) is 0 Å². The Morgan fingerprint density at radius 2 is 2.07 bits per heavy atom. The van der Waals surface area contributed by atoms with E-state index in [4.69, 9.17) is 0 Å². The zero-order valence-corrected chi connectivity index (χ0v) is 9.52. The summed E-state index contributed by atoms with van der Waals surface area (Å²) in [5.74, 6) is -1.30. The number of likely N-dealkylation sites (N-methyl/N-ethyl adjacent to an activating group) is 1. The lowest BCUT2D eigenvalue weighted by Crippen LogP contribution is -2.54. The van der Waals surface area contributed by atoms with E-state index >= 15 is 0 Å². The predicted molar refractivity (Wildman–Crippen MR) is 55.3 cm³/mol. The second kappa shape index (κ2) is 5.11. The van der Waals surface area contributed by atoms with Crippen molar-refractivity contribution in [2.45, 2.75) is 19.9 Å². The molecule has 1 amide bonds. The molecule has 0 aromatic carbocycles. The summed E-state index contributed by atoms with van der Waals surface area (Å²) in [6, 6.07) is 0.303. The van der Waals surface area contributed by atoms with E-state index in [0.29, 0.717) is 19.1 Å². The van der Waals surface area contributed by atoms with Gasteiger partial charge in [-0.05, 0) is 13.5 Å². The molecule has 1 heterocycles. The molecule has 0 bridgehead atoms. The molecule has 1 saturated heterocycles. The lowest BCUT2D eigenvalue weighted by Gasteiger charge is -2.38. The molecule has 1 unspecified atom stereocenters. The first-order valence-electron chi connectivity index (χ1n) is 5.21. The Balaban J connectivity index is 2.54. The maximum Gasteiger partial charge on any atom is 0.396 e. The highest BCUT2D eigenvalue weighted by molar-refractivity contribution is 6.32. The lowest BCUT2D eigenvalue weighted by atomic mass is 10.2. The normalized spacial score (nSPS) is 22.6. The van der Waals surface area contributed by atoms with E-state index in [1.165, 1.54) is 7.11 Å². The van der Waals surface area contributed by atoms with Gasteiger partial charge < -0.3 is 9.64 Å². The van der Waals surface area contributed by atoms with Crippen molar-refractivity contribution in [3.8, 4) is 0 Å². The molecular weight excluding hydrogens is 196 g/mol. The molecule has 0 aromatic heterocycles. The predicted octanol–water partition coefficient (Wildman–Crippen LogP) is -0.288. The van der Waals surface area contributed by atoms with Crippen LogP contribution in [0.25, 0.3) is 0 Å². The zero-order chi connectivity index (χ0) is 11.4. The summed E-state index contributed by atoms with van der Waals surface area (Å²) in [5.41, 5.74) is 0. The average Bonchev–Trinajstić information content (AvgIpc) is 2.26. The van der Waals surface area contributed by atoms with Gasteiger partial charge >= 0.3 is 11.9 Å². The van der Waals surface area contributed by atoms with Crippen LogP contribution in [-0.2, 0) is 14.3 Å². The van der Waals surface area contributed by atoms with E-state index in [1.54, 1.807) is 4.90 Å². The molecule has 1 fully saturated rings. The number of carbonyl (C=O) groups is 2. The Kier molecular flexibility index (Phi) is 4.08. The number of nitrogens with zero attached hydrogens (tertiary/aromatic N) is 2. The number of methoxy groups -OCH3 is 1. The van der Waals surface area contributed by atoms with E-state index in [9.17, 15) is 9.59 Å². The molecule has 1 rings (SSSR count). The summed E-state index contributed by atoms with van der Waals surface area (Å²) < 4.78 is 4.41. The summed E-state index contributed by atoms with van der Waals surface area (Å²) in [6.07, 6.45) is 0. The molecule has 0 aromatic rings. The van der Waals surface area contributed by atoms with Gasteiger partial charge in [0.25, 0.3) is 0 Å². The standard InChI is InChI=1S/C10H18N2O3/c1-4-11-5-6-12(7-8(11)2)9(13)10(14)15-3/h8H,4-7H2,1-3H3. The third-order valence-electron chi connectivity index (χ3n) is 2.82. The van der Waals surface area contributed by atoms with Crippen LogP contribution in [0, 0.1) is 0 Å². The van der Waals surface area contributed by atoms with Crippen molar-refractivity contribution in [1.82, 2.24) is 9.80 Å². The number of piperazine rings is 1. The Morgan fingerprint density at radius 1 is 1.40 bits per heavy atom. The number of hydrogen-bond donors (Lipinski definition) is 0. The van der Waals surface area contributed by atoms with Crippen LogP contribution >= 0.6 is 0 Å². The number of esters is 1. The van der Waals surface area contributed by atoms with Crippen LogP contribution in [-0.4, -0.2) is 61.0 Å². The molecule has 5 nitrogen and oxygen atoms in total. The number of hydrogen-bond acceptors (Lipinski definition) is 4.